The molecule has 126 valence electrons. The summed E-state index contributed by atoms with van der Waals surface area (Å²) >= 11 is 0. The van der Waals surface area contributed by atoms with E-state index in [1.807, 2.05) is 35.9 Å². The molecule has 0 saturated heterocycles. The van der Waals surface area contributed by atoms with Gasteiger partial charge in [0.05, 0.1) is 12.2 Å². The summed E-state index contributed by atoms with van der Waals surface area (Å²) in [6.07, 6.45) is 9.90. The Morgan fingerprint density at radius 1 is 1.17 bits per heavy atom. The Balaban J connectivity index is 1.61. The molecule has 24 heavy (non-hydrogen) atoms. The first kappa shape index (κ1) is 15.4. The van der Waals surface area contributed by atoms with Crippen LogP contribution in [0, 0.1) is 0 Å². The Hall–Kier alpha value is -2.10. The van der Waals surface area contributed by atoms with Crippen LogP contribution in [0.25, 0.3) is 0 Å². The van der Waals surface area contributed by atoms with Crippen LogP contribution in [0.5, 0.6) is 0 Å². The SMILES string of the molecule is CN(C(=O)c1ccc2c(c1)CCCC2)[C@@H]1CCCc2c1cnn2C. The first-order valence-corrected chi connectivity index (χ1v) is 9.05. The molecule has 0 bridgehead atoms. The van der Waals surface area contributed by atoms with Crippen molar-refractivity contribution in [2.75, 3.05) is 7.05 Å². The first-order chi connectivity index (χ1) is 11.6. The maximum Gasteiger partial charge on any atom is 0.254 e. The van der Waals surface area contributed by atoms with Gasteiger partial charge >= 0.3 is 0 Å². The minimum atomic E-state index is 0.130. The number of hydrogen-bond acceptors (Lipinski definition) is 2. The second kappa shape index (κ2) is 6.08. The fourth-order valence-electron chi connectivity index (χ4n) is 4.30. The molecular weight excluding hydrogens is 298 g/mol. The second-order valence-electron chi connectivity index (χ2n) is 7.18. The summed E-state index contributed by atoms with van der Waals surface area (Å²) in [4.78, 5) is 15.0. The van der Waals surface area contributed by atoms with E-state index in [0.29, 0.717) is 0 Å². The zero-order valence-electron chi connectivity index (χ0n) is 14.6. The molecule has 0 aliphatic heterocycles. The molecule has 1 aromatic carbocycles. The van der Waals surface area contributed by atoms with Crippen LogP contribution >= 0.6 is 0 Å². The molecule has 0 spiro atoms. The molecule has 0 N–H and O–H groups in total. The Kier molecular flexibility index (Phi) is 3.91. The van der Waals surface area contributed by atoms with Crippen molar-refractivity contribution in [3.8, 4) is 0 Å². The Bertz CT molecular complexity index is 777. The fourth-order valence-corrected chi connectivity index (χ4v) is 4.30. The number of hydrogen-bond donors (Lipinski definition) is 0. The van der Waals surface area contributed by atoms with Gasteiger partial charge in [-0.05, 0) is 68.2 Å². The average Bonchev–Trinajstić information content (AvgIpc) is 3.01. The van der Waals surface area contributed by atoms with E-state index in [1.54, 1.807) is 0 Å². The number of benzene rings is 1. The normalized spacial score (nSPS) is 19.5. The van der Waals surface area contributed by atoms with E-state index in [0.717, 1.165) is 37.7 Å². The molecule has 1 amide bonds. The lowest BCUT2D eigenvalue weighted by Gasteiger charge is -2.32. The topological polar surface area (TPSA) is 38.1 Å². The van der Waals surface area contributed by atoms with Crippen LogP contribution in [-0.2, 0) is 26.3 Å². The van der Waals surface area contributed by atoms with Crippen molar-refractivity contribution in [1.82, 2.24) is 14.7 Å². The van der Waals surface area contributed by atoms with Crippen LogP contribution in [0.2, 0.25) is 0 Å². The summed E-state index contributed by atoms with van der Waals surface area (Å²) in [5, 5.41) is 4.40. The van der Waals surface area contributed by atoms with Gasteiger partial charge in [0, 0.05) is 30.9 Å². The number of aryl methyl sites for hydroxylation is 3. The number of carbonyl (C=O) groups is 1. The molecule has 2 aliphatic rings. The summed E-state index contributed by atoms with van der Waals surface area (Å²) in [6, 6.07) is 6.44. The first-order valence-electron chi connectivity index (χ1n) is 9.05. The van der Waals surface area contributed by atoms with Gasteiger partial charge in [0.25, 0.3) is 5.91 Å². The predicted molar refractivity (Wildman–Crippen MR) is 94.1 cm³/mol. The van der Waals surface area contributed by atoms with Gasteiger partial charge in [-0.2, -0.15) is 5.10 Å². The van der Waals surface area contributed by atoms with Crippen LogP contribution in [0.3, 0.4) is 0 Å². The molecule has 0 radical (unpaired) electrons. The van der Waals surface area contributed by atoms with Crippen molar-refractivity contribution in [3.63, 3.8) is 0 Å². The summed E-state index contributed by atoms with van der Waals surface area (Å²) in [6.45, 7) is 0. The maximum absolute atomic E-state index is 13.0. The van der Waals surface area contributed by atoms with E-state index in [-0.39, 0.29) is 11.9 Å². The van der Waals surface area contributed by atoms with Crippen LogP contribution in [-0.4, -0.2) is 27.6 Å². The molecule has 0 fully saturated rings. The molecule has 1 atom stereocenters. The summed E-state index contributed by atoms with van der Waals surface area (Å²) < 4.78 is 1.96. The van der Waals surface area contributed by atoms with Gasteiger partial charge in [-0.1, -0.05) is 6.07 Å². The van der Waals surface area contributed by atoms with Crippen molar-refractivity contribution in [2.45, 2.75) is 51.0 Å². The van der Waals surface area contributed by atoms with Crippen molar-refractivity contribution in [3.05, 3.63) is 52.3 Å². The molecule has 4 rings (SSSR count). The molecule has 2 aliphatic carbocycles. The minimum Gasteiger partial charge on any atom is -0.335 e. The standard InChI is InChI=1S/C20H25N3O/c1-22(18-8-5-9-19-17(18)13-21-23(19)2)20(24)16-11-10-14-6-3-4-7-15(14)12-16/h10-13,18H,3-9H2,1-2H3/t18-/m1/s1. The Labute approximate surface area is 143 Å². The molecular formula is C20H25N3O. The zero-order valence-corrected chi connectivity index (χ0v) is 14.6. The van der Waals surface area contributed by atoms with E-state index < -0.39 is 0 Å². The van der Waals surface area contributed by atoms with Crippen molar-refractivity contribution >= 4 is 5.91 Å². The quantitative estimate of drug-likeness (QED) is 0.849. The smallest absolute Gasteiger partial charge is 0.254 e. The van der Waals surface area contributed by atoms with E-state index >= 15 is 0 Å². The monoisotopic (exact) mass is 323 g/mol. The van der Waals surface area contributed by atoms with Gasteiger partial charge in [0.15, 0.2) is 0 Å². The van der Waals surface area contributed by atoms with Gasteiger partial charge in [0.1, 0.15) is 0 Å². The molecule has 4 nitrogen and oxygen atoms in total. The van der Waals surface area contributed by atoms with Crippen molar-refractivity contribution < 1.29 is 4.79 Å². The largest absolute Gasteiger partial charge is 0.335 e. The minimum absolute atomic E-state index is 0.130. The van der Waals surface area contributed by atoms with E-state index in [4.69, 9.17) is 0 Å². The molecule has 4 heteroatoms. The highest BCUT2D eigenvalue weighted by Gasteiger charge is 2.29. The van der Waals surface area contributed by atoms with Gasteiger partial charge in [-0.3, -0.25) is 9.48 Å². The number of fused-ring (bicyclic) bond motifs is 2. The van der Waals surface area contributed by atoms with Crippen LogP contribution in [0.15, 0.2) is 24.4 Å². The number of aromatic nitrogens is 2. The average molecular weight is 323 g/mol. The summed E-state index contributed by atoms with van der Waals surface area (Å²) in [7, 11) is 3.93. The van der Waals surface area contributed by atoms with Gasteiger partial charge in [-0.15, -0.1) is 0 Å². The Morgan fingerprint density at radius 3 is 2.79 bits per heavy atom. The van der Waals surface area contributed by atoms with Gasteiger partial charge in [-0.25, -0.2) is 0 Å². The van der Waals surface area contributed by atoms with Crippen molar-refractivity contribution in [2.24, 2.45) is 7.05 Å². The van der Waals surface area contributed by atoms with E-state index in [1.165, 1.54) is 35.2 Å². The molecule has 0 saturated carbocycles. The van der Waals surface area contributed by atoms with Crippen LogP contribution in [0.1, 0.15) is 64.5 Å². The number of amides is 1. The van der Waals surface area contributed by atoms with E-state index in [9.17, 15) is 4.79 Å². The molecule has 0 unspecified atom stereocenters. The summed E-state index contributed by atoms with van der Waals surface area (Å²) in [5.74, 6) is 0.130. The number of carbonyl (C=O) groups excluding carboxylic acids is 1. The van der Waals surface area contributed by atoms with E-state index in [2.05, 4.69) is 17.2 Å². The lowest BCUT2D eigenvalue weighted by atomic mass is 9.89. The Morgan fingerprint density at radius 2 is 1.96 bits per heavy atom. The third kappa shape index (κ3) is 2.54. The molecule has 2 aromatic rings. The zero-order chi connectivity index (χ0) is 16.7. The number of rotatable bonds is 2. The highest BCUT2D eigenvalue weighted by Crippen LogP contribution is 2.34. The maximum atomic E-state index is 13.0. The highest BCUT2D eigenvalue weighted by atomic mass is 16.2. The summed E-state index contributed by atoms with van der Waals surface area (Å²) in [5.41, 5.74) is 6.11. The lowest BCUT2D eigenvalue weighted by molar-refractivity contribution is 0.0714. The van der Waals surface area contributed by atoms with Gasteiger partial charge < -0.3 is 4.90 Å². The third-order valence-corrected chi connectivity index (χ3v) is 5.73. The van der Waals surface area contributed by atoms with Crippen molar-refractivity contribution in [1.29, 1.82) is 0 Å². The predicted octanol–water partition coefficient (Wildman–Crippen LogP) is 3.45. The van der Waals surface area contributed by atoms with Gasteiger partial charge in [0.2, 0.25) is 0 Å². The van der Waals surface area contributed by atoms with Crippen LogP contribution < -0.4 is 0 Å². The molecule has 1 heterocycles. The highest BCUT2D eigenvalue weighted by molar-refractivity contribution is 5.94. The molecule has 1 aromatic heterocycles. The van der Waals surface area contributed by atoms with Crippen LogP contribution in [0.4, 0.5) is 0 Å². The second-order valence-corrected chi connectivity index (χ2v) is 7.18. The third-order valence-electron chi connectivity index (χ3n) is 5.73. The number of nitrogens with zero attached hydrogens (tertiary/aromatic N) is 3. The fraction of sp³-hybridized carbons (Fsp3) is 0.500. The lowest BCUT2D eigenvalue weighted by Crippen LogP contribution is -2.33.